The maximum absolute atomic E-state index is 5.91. The molecule has 0 fully saturated rings. The summed E-state index contributed by atoms with van der Waals surface area (Å²) >= 11 is 3.80. The molecule has 0 saturated carbocycles. The molecule has 2 unspecified atom stereocenters. The van der Waals surface area contributed by atoms with Crippen molar-refractivity contribution in [1.82, 2.24) is 0 Å². The van der Waals surface area contributed by atoms with Crippen LogP contribution in [0.15, 0.2) is 23.0 Å². The van der Waals surface area contributed by atoms with Crippen LogP contribution in [0.25, 0.3) is 0 Å². The molecule has 82 valence electrons. The van der Waals surface area contributed by atoms with Crippen molar-refractivity contribution in [2.45, 2.75) is 23.1 Å². The highest BCUT2D eigenvalue weighted by Gasteiger charge is 2.37. The van der Waals surface area contributed by atoms with Gasteiger partial charge in [-0.2, -0.15) is 0 Å². The first-order chi connectivity index (χ1) is 7.42. The van der Waals surface area contributed by atoms with E-state index in [1.165, 1.54) is 0 Å². The molecule has 0 saturated heterocycles. The molecule has 2 aliphatic heterocycles. The van der Waals surface area contributed by atoms with Crippen LogP contribution in [0.3, 0.4) is 0 Å². The van der Waals surface area contributed by atoms with Crippen molar-refractivity contribution in [2.24, 2.45) is 5.73 Å². The van der Waals surface area contributed by atoms with Crippen LogP contribution in [0.2, 0.25) is 0 Å². The molecule has 0 spiro atoms. The van der Waals surface area contributed by atoms with E-state index >= 15 is 0 Å². The lowest BCUT2D eigenvalue weighted by Crippen LogP contribution is -2.41. The summed E-state index contributed by atoms with van der Waals surface area (Å²) in [4.78, 5) is 0. The molecule has 0 aromatic heterocycles. The molecule has 2 atom stereocenters. The maximum atomic E-state index is 5.91. The van der Waals surface area contributed by atoms with Gasteiger partial charge in [0.1, 0.15) is 0 Å². The highest BCUT2D eigenvalue weighted by molar-refractivity contribution is 8.06. The Kier molecular flexibility index (Phi) is 4.69. The van der Waals surface area contributed by atoms with E-state index in [-0.39, 0.29) is 0 Å². The zero-order valence-electron chi connectivity index (χ0n) is 8.67. The Labute approximate surface area is 100 Å². The van der Waals surface area contributed by atoms with Crippen LogP contribution in [0.4, 0.5) is 0 Å². The van der Waals surface area contributed by atoms with Gasteiger partial charge in [-0.3, -0.25) is 0 Å². The number of hydrogen-bond donors (Lipinski definition) is 1. The summed E-state index contributed by atoms with van der Waals surface area (Å²) in [6.07, 6.45) is 6.75. The fourth-order valence-corrected chi connectivity index (χ4v) is 4.12. The van der Waals surface area contributed by atoms with Gasteiger partial charge in [0.15, 0.2) is 0 Å². The van der Waals surface area contributed by atoms with Crippen molar-refractivity contribution >= 4 is 30.4 Å². The van der Waals surface area contributed by atoms with Gasteiger partial charge in [0, 0.05) is 23.5 Å². The number of rotatable bonds is 5. The molecule has 15 heavy (non-hydrogen) atoms. The van der Waals surface area contributed by atoms with E-state index in [9.17, 15) is 0 Å². The molecular formula is C10H16BNOS2. The fraction of sp³-hybridized carbons (Fsp3) is 0.600. The van der Waals surface area contributed by atoms with Crippen molar-refractivity contribution in [3.8, 4) is 0 Å². The van der Waals surface area contributed by atoms with Gasteiger partial charge < -0.3 is 10.4 Å². The standard InChI is InChI=1S/C10H16BNOS2/c12-5-6-13-11(9-3-1-7-14-9)10-4-2-8-15-10/h1-2,7-10H,3-6,12H2. The van der Waals surface area contributed by atoms with Crippen LogP contribution in [0, 0.1) is 0 Å². The van der Waals surface area contributed by atoms with Crippen LogP contribution < -0.4 is 5.73 Å². The minimum atomic E-state index is 0.341. The average Bonchev–Trinajstić information content (AvgIpc) is 2.90. The van der Waals surface area contributed by atoms with Gasteiger partial charge in [0.05, 0.1) is 0 Å². The predicted molar refractivity (Wildman–Crippen MR) is 71.0 cm³/mol. The minimum absolute atomic E-state index is 0.341. The molecule has 2 rings (SSSR count). The first kappa shape index (κ1) is 11.6. The summed E-state index contributed by atoms with van der Waals surface area (Å²) in [6.45, 7) is 1.64. The minimum Gasteiger partial charge on any atom is -0.432 e. The zero-order valence-corrected chi connectivity index (χ0v) is 10.3. The van der Waals surface area contributed by atoms with Crippen molar-refractivity contribution in [3.05, 3.63) is 23.0 Å². The Bertz CT molecular complexity index is 222. The fourth-order valence-electron chi connectivity index (χ4n) is 1.88. The van der Waals surface area contributed by atoms with Crippen LogP contribution in [-0.2, 0) is 4.65 Å². The van der Waals surface area contributed by atoms with Gasteiger partial charge in [-0.25, -0.2) is 0 Å². The molecular weight excluding hydrogens is 225 g/mol. The highest BCUT2D eigenvalue weighted by atomic mass is 32.2. The van der Waals surface area contributed by atoms with Gasteiger partial charge >= 0.3 is 6.92 Å². The Balaban J connectivity index is 1.89. The summed E-state index contributed by atoms with van der Waals surface area (Å²) in [5, 5.41) is 5.57. The van der Waals surface area contributed by atoms with E-state index in [4.69, 9.17) is 10.4 Å². The van der Waals surface area contributed by atoms with E-state index in [1.807, 2.05) is 23.5 Å². The number of hydrogen-bond acceptors (Lipinski definition) is 4. The Morgan fingerprint density at radius 2 is 1.80 bits per heavy atom. The molecule has 0 bridgehead atoms. The highest BCUT2D eigenvalue weighted by Crippen LogP contribution is 2.35. The lowest BCUT2D eigenvalue weighted by molar-refractivity contribution is 0.326. The smallest absolute Gasteiger partial charge is 0.320 e. The van der Waals surface area contributed by atoms with Gasteiger partial charge in [-0.15, -0.1) is 23.5 Å². The van der Waals surface area contributed by atoms with Gasteiger partial charge in [-0.1, -0.05) is 12.2 Å². The van der Waals surface area contributed by atoms with Gasteiger partial charge in [0.25, 0.3) is 0 Å². The first-order valence-electron chi connectivity index (χ1n) is 5.34. The molecule has 2 aliphatic rings. The van der Waals surface area contributed by atoms with Gasteiger partial charge in [-0.05, 0) is 23.7 Å². The zero-order chi connectivity index (χ0) is 10.5. The van der Waals surface area contributed by atoms with Crippen LogP contribution in [0.5, 0.6) is 0 Å². The summed E-state index contributed by atoms with van der Waals surface area (Å²) in [7, 11) is 0. The molecule has 0 aromatic carbocycles. The SMILES string of the molecule is NCCOB(C1CC=CS1)C1CC=CS1. The number of thioether (sulfide) groups is 2. The third-order valence-electron chi connectivity index (χ3n) is 2.60. The van der Waals surface area contributed by atoms with E-state index in [2.05, 4.69) is 23.0 Å². The topological polar surface area (TPSA) is 35.2 Å². The molecule has 0 radical (unpaired) electrons. The van der Waals surface area contributed by atoms with Crippen molar-refractivity contribution < 1.29 is 4.65 Å². The monoisotopic (exact) mass is 241 g/mol. The van der Waals surface area contributed by atoms with Gasteiger partial charge in [0.2, 0.25) is 0 Å². The van der Waals surface area contributed by atoms with E-state index < -0.39 is 0 Å². The normalized spacial score (nSPS) is 28.9. The van der Waals surface area contributed by atoms with E-state index in [0.29, 0.717) is 30.4 Å². The largest absolute Gasteiger partial charge is 0.432 e. The lowest BCUT2D eigenvalue weighted by atomic mass is 9.58. The predicted octanol–water partition coefficient (Wildman–Crippen LogP) is 2.07. The quantitative estimate of drug-likeness (QED) is 0.747. The number of allylic oxidation sites excluding steroid dienone is 2. The summed E-state index contributed by atoms with van der Waals surface area (Å²) < 4.78 is 5.91. The van der Waals surface area contributed by atoms with E-state index in [0.717, 1.165) is 12.8 Å². The van der Waals surface area contributed by atoms with Crippen LogP contribution in [0.1, 0.15) is 12.8 Å². The third kappa shape index (κ3) is 3.06. The second-order valence-corrected chi connectivity index (χ2v) is 5.99. The second kappa shape index (κ2) is 6.04. The molecule has 0 amide bonds. The Morgan fingerprint density at radius 3 is 2.20 bits per heavy atom. The summed E-state index contributed by atoms with van der Waals surface area (Å²) in [6, 6.07) is 0. The molecule has 5 heteroatoms. The van der Waals surface area contributed by atoms with Crippen molar-refractivity contribution in [3.63, 3.8) is 0 Å². The first-order valence-corrected chi connectivity index (χ1v) is 7.23. The maximum Gasteiger partial charge on any atom is 0.320 e. The summed E-state index contributed by atoms with van der Waals surface area (Å²) in [5.74, 6) is 0. The molecule has 2 heterocycles. The van der Waals surface area contributed by atoms with Crippen molar-refractivity contribution in [1.29, 1.82) is 0 Å². The van der Waals surface area contributed by atoms with E-state index in [1.54, 1.807) is 0 Å². The van der Waals surface area contributed by atoms with Crippen LogP contribution in [-0.4, -0.2) is 30.4 Å². The third-order valence-corrected chi connectivity index (χ3v) is 4.92. The molecule has 2 N–H and O–H groups in total. The second-order valence-electron chi connectivity index (χ2n) is 3.69. The van der Waals surface area contributed by atoms with Crippen LogP contribution >= 0.6 is 23.5 Å². The summed E-state index contributed by atoms with van der Waals surface area (Å²) in [5.41, 5.74) is 5.50. The number of nitrogens with two attached hydrogens (primary N) is 1. The molecule has 0 aliphatic carbocycles. The molecule has 2 nitrogen and oxygen atoms in total. The Morgan fingerprint density at radius 1 is 1.20 bits per heavy atom. The van der Waals surface area contributed by atoms with Crippen molar-refractivity contribution in [2.75, 3.05) is 13.2 Å². The Hall–Kier alpha value is 0.165. The lowest BCUT2D eigenvalue weighted by Gasteiger charge is -2.24. The average molecular weight is 241 g/mol. The molecule has 0 aromatic rings.